The van der Waals surface area contributed by atoms with Gasteiger partial charge in [0.05, 0.1) is 10.2 Å². The van der Waals surface area contributed by atoms with Crippen LogP contribution in [-0.2, 0) is 16.2 Å². The Labute approximate surface area is 226 Å². The van der Waals surface area contributed by atoms with Gasteiger partial charge in [0.1, 0.15) is 17.9 Å². The number of amides is 4. The van der Waals surface area contributed by atoms with Crippen LogP contribution in [0.3, 0.4) is 0 Å². The summed E-state index contributed by atoms with van der Waals surface area (Å²) < 4.78 is 6.71. The third kappa shape index (κ3) is 4.88. The Morgan fingerprint density at radius 3 is 2.54 bits per heavy atom. The van der Waals surface area contributed by atoms with Crippen molar-refractivity contribution in [2.45, 2.75) is 13.5 Å². The standard InChI is InChI=1S/C29H20BrClN2O4/c1-17-24(31)10-5-11-25(17)33-28(35)22(27(34)32-29(33)36)14-18-12-13-26(23(30)15-18)37-16-20-8-4-7-19-6-2-3-9-21(19)20/h2-15H,16H2,1H3,(H,32,34,36)/b22-14+. The Morgan fingerprint density at radius 1 is 0.973 bits per heavy atom. The van der Waals surface area contributed by atoms with E-state index in [0.29, 0.717) is 38.7 Å². The minimum Gasteiger partial charge on any atom is -0.488 e. The molecule has 0 aliphatic carbocycles. The van der Waals surface area contributed by atoms with E-state index in [-0.39, 0.29) is 5.57 Å². The zero-order valence-corrected chi connectivity index (χ0v) is 22.0. The van der Waals surface area contributed by atoms with Gasteiger partial charge in [-0.15, -0.1) is 0 Å². The molecule has 37 heavy (non-hydrogen) atoms. The SMILES string of the molecule is Cc1c(Cl)cccc1N1C(=O)NC(=O)/C(=C\c2ccc(OCc3cccc4ccccc34)c(Br)c2)C1=O. The average Bonchev–Trinajstić information content (AvgIpc) is 2.88. The molecule has 1 fully saturated rings. The number of anilines is 1. The molecule has 1 N–H and O–H groups in total. The lowest BCUT2D eigenvalue weighted by atomic mass is 10.1. The predicted octanol–water partition coefficient (Wildman–Crippen LogP) is 6.81. The number of imide groups is 2. The van der Waals surface area contributed by atoms with E-state index in [1.807, 2.05) is 24.3 Å². The van der Waals surface area contributed by atoms with Crippen LogP contribution in [0.2, 0.25) is 5.02 Å². The molecule has 0 atom stereocenters. The highest BCUT2D eigenvalue weighted by Gasteiger charge is 2.37. The fraction of sp³-hybridized carbons (Fsp3) is 0.0690. The lowest BCUT2D eigenvalue weighted by Crippen LogP contribution is -2.54. The summed E-state index contributed by atoms with van der Waals surface area (Å²) in [5, 5.41) is 4.90. The highest BCUT2D eigenvalue weighted by molar-refractivity contribution is 9.10. The largest absolute Gasteiger partial charge is 0.488 e. The summed E-state index contributed by atoms with van der Waals surface area (Å²) >= 11 is 9.70. The van der Waals surface area contributed by atoms with Gasteiger partial charge in [0.2, 0.25) is 0 Å². The van der Waals surface area contributed by atoms with Gasteiger partial charge in [0.15, 0.2) is 0 Å². The van der Waals surface area contributed by atoms with Crippen LogP contribution in [-0.4, -0.2) is 17.8 Å². The first-order valence-electron chi connectivity index (χ1n) is 11.4. The molecule has 5 rings (SSSR count). The van der Waals surface area contributed by atoms with Crippen molar-refractivity contribution in [3.05, 3.63) is 111 Å². The maximum Gasteiger partial charge on any atom is 0.335 e. The Hall–Kier alpha value is -3.94. The molecule has 8 heteroatoms. The molecule has 0 saturated carbocycles. The molecule has 4 aromatic carbocycles. The number of halogens is 2. The smallest absolute Gasteiger partial charge is 0.335 e. The number of hydrogen-bond donors (Lipinski definition) is 1. The Kier molecular flexibility index (Phi) is 6.82. The molecule has 0 aromatic heterocycles. The van der Waals surface area contributed by atoms with Crippen LogP contribution >= 0.6 is 27.5 Å². The Balaban J connectivity index is 1.39. The van der Waals surface area contributed by atoms with E-state index in [4.69, 9.17) is 16.3 Å². The predicted molar refractivity (Wildman–Crippen MR) is 148 cm³/mol. The van der Waals surface area contributed by atoms with Crippen molar-refractivity contribution in [3.8, 4) is 5.75 Å². The lowest BCUT2D eigenvalue weighted by molar-refractivity contribution is -0.122. The molecular weight excluding hydrogens is 556 g/mol. The fourth-order valence-corrected chi connectivity index (χ4v) is 4.86. The highest BCUT2D eigenvalue weighted by Crippen LogP contribution is 2.31. The minimum absolute atomic E-state index is 0.171. The molecule has 4 amide bonds. The van der Waals surface area contributed by atoms with E-state index in [9.17, 15) is 14.4 Å². The van der Waals surface area contributed by atoms with Gasteiger partial charge < -0.3 is 4.74 Å². The first-order chi connectivity index (χ1) is 17.8. The Bertz CT molecular complexity index is 1610. The quantitative estimate of drug-likeness (QED) is 0.210. The molecule has 6 nitrogen and oxygen atoms in total. The number of ether oxygens (including phenoxy) is 1. The van der Waals surface area contributed by atoms with E-state index >= 15 is 0 Å². The summed E-state index contributed by atoms with van der Waals surface area (Å²) in [5.74, 6) is -0.884. The van der Waals surface area contributed by atoms with E-state index in [0.717, 1.165) is 21.2 Å². The van der Waals surface area contributed by atoms with Crippen LogP contribution in [0.25, 0.3) is 16.8 Å². The third-order valence-electron chi connectivity index (χ3n) is 6.11. The third-order valence-corrected chi connectivity index (χ3v) is 7.14. The number of fused-ring (bicyclic) bond motifs is 1. The zero-order chi connectivity index (χ0) is 26.1. The van der Waals surface area contributed by atoms with Gasteiger partial charge in [-0.2, -0.15) is 0 Å². The topological polar surface area (TPSA) is 75.7 Å². The molecule has 4 aromatic rings. The molecule has 1 heterocycles. The number of benzene rings is 4. The van der Waals surface area contributed by atoms with Crippen molar-refractivity contribution in [2.75, 3.05) is 4.90 Å². The summed E-state index contributed by atoms with van der Waals surface area (Å²) in [6.07, 6.45) is 1.44. The molecule has 0 radical (unpaired) electrons. The first kappa shape index (κ1) is 24.7. The van der Waals surface area contributed by atoms with E-state index < -0.39 is 17.8 Å². The lowest BCUT2D eigenvalue weighted by Gasteiger charge is -2.27. The van der Waals surface area contributed by atoms with E-state index in [1.165, 1.54) is 6.08 Å². The first-order valence-corrected chi connectivity index (χ1v) is 12.6. The molecular formula is C29H20BrClN2O4. The molecule has 1 saturated heterocycles. The van der Waals surface area contributed by atoms with Crippen LogP contribution in [0.4, 0.5) is 10.5 Å². The fourth-order valence-electron chi connectivity index (χ4n) is 4.18. The molecule has 1 aliphatic rings. The second-order valence-electron chi connectivity index (χ2n) is 8.46. The van der Waals surface area contributed by atoms with Crippen molar-refractivity contribution in [3.63, 3.8) is 0 Å². The van der Waals surface area contributed by atoms with Crippen molar-refractivity contribution < 1.29 is 19.1 Å². The van der Waals surface area contributed by atoms with Crippen molar-refractivity contribution in [1.82, 2.24) is 5.32 Å². The average molecular weight is 576 g/mol. The van der Waals surface area contributed by atoms with Gasteiger partial charge in [-0.25, -0.2) is 9.69 Å². The number of hydrogen-bond acceptors (Lipinski definition) is 4. The van der Waals surface area contributed by atoms with E-state index in [1.54, 1.807) is 43.3 Å². The zero-order valence-electron chi connectivity index (χ0n) is 19.6. The van der Waals surface area contributed by atoms with Crippen LogP contribution in [0.5, 0.6) is 5.75 Å². The summed E-state index contributed by atoms with van der Waals surface area (Å²) in [5.41, 5.74) is 2.33. The van der Waals surface area contributed by atoms with Gasteiger partial charge in [-0.3, -0.25) is 14.9 Å². The van der Waals surface area contributed by atoms with E-state index in [2.05, 4.69) is 39.4 Å². The van der Waals surface area contributed by atoms with Gasteiger partial charge in [0, 0.05) is 5.02 Å². The van der Waals surface area contributed by atoms with Gasteiger partial charge >= 0.3 is 6.03 Å². The van der Waals surface area contributed by atoms with Crippen LogP contribution in [0.1, 0.15) is 16.7 Å². The van der Waals surface area contributed by atoms with Crippen molar-refractivity contribution >= 4 is 67.9 Å². The maximum atomic E-state index is 13.2. The highest BCUT2D eigenvalue weighted by atomic mass is 79.9. The monoisotopic (exact) mass is 574 g/mol. The van der Waals surface area contributed by atoms with Gasteiger partial charge in [-0.05, 0) is 80.7 Å². The summed E-state index contributed by atoms with van der Waals surface area (Å²) in [4.78, 5) is 39.2. The molecule has 0 spiro atoms. The molecule has 0 unspecified atom stereocenters. The Morgan fingerprint density at radius 2 is 1.73 bits per heavy atom. The summed E-state index contributed by atoms with van der Waals surface area (Å²) in [6, 6.07) is 23.5. The normalized spacial score (nSPS) is 14.8. The molecule has 1 aliphatic heterocycles. The van der Waals surface area contributed by atoms with Crippen LogP contribution in [0, 0.1) is 6.92 Å². The maximum absolute atomic E-state index is 13.2. The van der Waals surface area contributed by atoms with Crippen LogP contribution in [0.15, 0.2) is 88.9 Å². The second kappa shape index (κ2) is 10.2. The second-order valence-corrected chi connectivity index (χ2v) is 9.72. The number of carbonyl (C=O) groups is 3. The summed E-state index contributed by atoms with van der Waals surface area (Å²) in [7, 11) is 0. The minimum atomic E-state index is -0.823. The molecule has 184 valence electrons. The number of nitrogens with one attached hydrogen (secondary N) is 1. The van der Waals surface area contributed by atoms with Gasteiger partial charge in [-0.1, -0.05) is 66.2 Å². The summed E-state index contributed by atoms with van der Waals surface area (Å²) in [6.45, 7) is 2.07. The number of urea groups is 1. The van der Waals surface area contributed by atoms with Gasteiger partial charge in [0.25, 0.3) is 11.8 Å². The van der Waals surface area contributed by atoms with Crippen molar-refractivity contribution in [2.24, 2.45) is 0 Å². The van der Waals surface area contributed by atoms with Crippen molar-refractivity contribution in [1.29, 1.82) is 0 Å². The van der Waals surface area contributed by atoms with Crippen LogP contribution < -0.4 is 15.0 Å². The number of rotatable bonds is 5. The number of barbiturate groups is 1. The molecule has 0 bridgehead atoms. The number of nitrogens with zero attached hydrogens (tertiary/aromatic N) is 1. The number of carbonyl (C=O) groups excluding carboxylic acids is 3.